The smallest absolute Gasteiger partial charge is 0.325 e. The van der Waals surface area contributed by atoms with Crippen LogP contribution in [0.3, 0.4) is 0 Å². The molecule has 0 aliphatic rings. The Morgan fingerprint density at radius 1 is 1.44 bits per heavy atom. The number of aromatic hydroxyl groups is 1. The fourth-order valence-corrected chi connectivity index (χ4v) is 1.19. The molecule has 86 valence electrons. The molecule has 1 aromatic rings. The lowest BCUT2D eigenvalue weighted by Gasteiger charge is -2.15. The van der Waals surface area contributed by atoms with Crippen LogP contribution < -0.4 is 0 Å². The van der Waals surface area contributed by atoms with E-state index in [-0.39, 0.29) is 18.2 Å². The van der Waals surface area contributed by atoms with Crippen molar-refractivity contribution >= 4 is 11.9 Å². The number of amides is 1. The normalized spacial score (nSPS) is 9.62. The largest absolute Gasteiger partial charge is 0.508 e. The molecule has 1 aromatic carbocycles. The van der Waals surface area contributed by atoms with Crippen molar-refractivity contribution in [3.8, 4) is 5.75 Å². The molecular formula is C11H13NO4. The fourth-order valence-electron chi connectivity index (χ4n) is 1.19. The number of likely N-dealkylation sites (N-methyl/N-ethyl adjacent to an activating group) is 1. The third kappa shape index (κ3) is 2.98. The molecule has 0 saturated carbocycles. The second-order valence-corrected chi connectivity index (χ2v) is 3.29. The Labute approximate surface area is 93.2 Å². The number of benzene rings is 1. The number of hydrogen-bond acceptors (Lipinski definition) is 4. The minimum Gasteiger partial charge on any atom is -0.508 e. The van der Waals surface area contributed by atoms with Gasteiger partial charge in [0.1, 0.15) is 12.3 Å². The summed E-state index contributed by atoms with van der Waals surface area (Å²) in [6, 6.07) is 5.94. The lowest BCUT2D eigenvalue weighted by Crippen LogP contribution is -2.32. The highest BCUT2D eigenvalue weighted by atomic mass is 16.5. The van der Waals surface area contributed by atoms with Crippen molar-refractivity contribution in [2.45, 2.75) is 0 Å². The van der Waals surface area contributed by atoms with Gasteiger partial charge in [0.05, 0.1) is 7.11 Å². The maximum absolute atomic E-state index is 11.8. The van der Waals surface area contributed by atoms with Crippen molar-refractivity contribution in [1.82, 2.24) is 4.90 Å². The third-order valence-corrected chi connectivity index (χ3v) is 2.03. The number of phenolic OH excluding ortho intramolecular Hbond substituents is 1. The molecular weight excluding hydrogens is 210 g/mol. The Hall–Kier alpha value is -2.04. The van der Waals surface area contributed by atoms with Gasteiger partial charge in [0.15, 0.2) is 0 Å². The predicted molar refractivity (Wildman–Crippen MR) is 57.1 cm³/mol. The molecule has 0 spiro atoms. The summed E-state index contributed by atoms with van der Waals surface area (Å²) in [5.74, 6) is -0.824. The SMILES string of the molecule is COC(=O)CN(C)C(=O)c1cccc(O)c1. The quantitative estimate of drug-likeness (QED) is 0.763. The van der Waals surface area contributed by atoms with E-state index in [9.17, 15) is 14.7 Å². The van der Waals surface area contributed by atoms with Crippen LogP contribution in [0.5, 0.6) is 5.75 Å². The van der Waals surface area contributed by atoms with Crippen LogP contribution in [-0.4, -0.2) is 42.6 Å². The van der Waals surface area contributed by atoms with Crippen molar-refractivity contribution in [2.75, 3.05) is 20.7 Å². The second kappa shape index (κ2) is 5.16. The zero-order valence-corrected chi connectivity index (χ0v) is 9.14. The lowest BCUT2D eigenvalue weighted by atomic mass is 10.2. The van der Waals surface area contributed by atoms with Gasteiger partial charge in [-0.3, -0.25) is 9.59 Å². The molecule has 1 rings (SSSR count). The Kier molecular flexibility index (Phi) is 3.88. The van der Waals surface area contributed by atoms with E-state index >= 15 is 0 Å². The molecule has 5 nitrogen and oxygen atoms in total. The highest BCUT2D eigenvalue weighted by Crippen LogP contribution is 2.12. The molecule has 0 aliphatic heterocycles. The Bertz CT molecular complexity index is 403. The monoisotopic (exact) mass is 223 g/mol. The summed E-state index contributed by atoms with van der Waals surface area (Å²) in [5.41, 5.74) is 0.325. The van der Waals surface area contributed by atoms with Gasteiger partial charge in [0, 0.05) is 12.6 Å². The van der Waals surface area contributed by atoms with Crippen LogP contribution in [0.1, 0.15) is 10.4 Å². The van der Waals surface area contributed by atoms with Gasteiger partial charge in [-0.1, -0.05) is 6.07 Å². The van der Waals surface area contributed by atoms with E-state index in [1.165, 1.54) is 31.2 Å². The van der Waals surface area contributed by atoms with Crippen LogP contribution in [0.2, 0.25) is 0 Å². The topological polar surface area (TPSA) is 66.8 Å². The van der Waals surface area contributed by atoms with E-state index in [1.807, 2.05) is 0 Å². The standard InChI is InChI=1S/C11H13NO4/c1-12(7-10(14)16-2)11(15)8-4-3-5-9(13)6-8/h3-6,13H,7H2,1-2H3. The minimum absolute atomic E-state index is 0.0114. The van der Waals surface area contributed by atoms with E-state index in [2.05, 4.69) is 4.74 Å². The fraction of sp³-hybridized carbons (Fsp3) is 0.273. The number of hydrogen-bond donors (Lipinski definition) is 1. The molecule has 0 aliphatic carbocycles. The maximum Gasteiger partial charge on any atom is 0.325 e. The number of ether oxygens (including phenoxy) is 1. The maximum atomic E-state index is 11.8. The van der Waals surface area contributed by atoms with Gasteiger partial charge < -0.3 is 14.7 Å². The number of carbonyl (C=O) groups is 2. The predicted octanol–water partition coefficient (Wildman–Crippen LogP) is 0.637. The summed E-state index contributed by atoms with van der Waals surface area (Å²) >= 11 is 0. The summed E-state index contributed by atoms with van der Waals surface area (Å²) in [7, 11) is 2.75. The molecule has 1 N–H and O–H groups in total. The molecule has 0 fully saturated rings. The number of methoxy groups -OCH3 is 1. The first-order chi connectivity index (χ1) is 7.54. The van der Waals surface area contributed by atoms with Crippen LogP contribution in [0.4, 0.5) is 0 Å². The zero-order chi connectivity index (χ0) is 12.1. The van der Waals surface area contributed by atoms with Gasteiger partial charge in [0.2, 0.25) is 0 Å². The van der Waals surface area contributed by atoms with Crippen molar-refractivity contribution < 1.29 is 19.4 Å². The molecule has 1 amide bonds. The van der Waals surface area contributed by atoms with E-state index in [0.29, 0.717) is 5.56 Å². The summed E-state index contributed by atoms with van der Waals surface area (Å²) in [5, 5.41) is 9.21. The summed E-state index contributed by atoms with van der Waals surface area (Å²) in [4.78, 5) is 23.9. The van der Waals surface area contributed by atoms with Gasteiger partial charge in [-0.05, 0) is 18.2 Å². The number of phenols is 1. The van der Waals surface area contributed by atoms with Gasteiger partial charge in [-0.25, -0.2) is 0 Å². The van der Waals surface area contributed by atoms with Crippen molar-refractivity contribution in [2.24, 2.45) is 0 Å². The van der Waals surface area contributed by atoms with Gasteiger partial charge in [-0.2, -0.15) is 0 Å². The van der Waals surface area contributed by atoms with E-state index < -0.39 is 5.97 Å². The molecule has 0 aromatic heterocycles. The molecule has 0 bridgehead atoms. The third-order valence-electron chi connectivity index (χ3n) is 2.03. The van der Waals surface area contributed by atoms with E-state index in [4.69, 9.17) is 0 Å². The first kappa shape index (κ1) is 12.0. The number of nitrogens with zero attached hydrogens (tertiary/aromatic N) is 1. The minimum atomic E-state index is -0.490. The van der Waals surface area contributed by atoms with Crippen molar-refractivity contribution in [3.05, 3.63) is 29.8 Å². The van der Waals surface area contributed by atoms with Crippen molar-refractivity contribution in [1.29, 1.82) is 0 Å². The molecule has 16 heavy (non-hydrogen) atoms. The number of rotatable bonds is 3. The zero-order valence-electron chi connectivity index (χ0n) is 9.14. The first-order valence-corrected chi connectivity index (χ1v) is 4.66. The highest BCUT2D eigenvalue weighted by Gasteiger charge is 2.15. The molecule has 0 radical (unpaired) electrons. The summed E-state index contributed by atoms with van der Waals surface area (Å²) in [6.07, 6.45) is 0. The molecule has 5 heteroatoms. The Morgan fingerprint density at radius 2 is 2.12 bits per heavy atom. The lowest BCUT2D eigenvalue weighted by molar-refractivity contribution is -0.141. The van der Waals surface area contributed by atoms with E-state index in [0.717, 1.165) is 0 Å². The van der Waals surface area contributed by atoms with Gasteiger partial charge in [0.25, 0.3) is 5.91 Å². The first-order valence-electron chi connectivity index (χ1n) is 4.66. The average molecular weight is 223 g/mol. The molecule has 0 atom stereocenters. The number of esters is 1. The van der Waals surface area contributed by atoms with Crippen LogP contribution in [0, 0.1) is 0 Å². The van der Waals surface area contributed by atoms with Gasteiger partial charge >= 0.3 is 5.97 Å². The Morgan fingerprint density at radius 3 is 2.69 bits per heavy atom. The molecule has 0 saturated heterocycles. The van der Waals surface area contributed by atoms with Crippen LogP contribution in [0.15, 0.2) is 24.3 Å². The highest BCUT2D eigenvalue weighted by molar-refractivity contribution is 5.96. The summed E-state index contributed by atoms with van der Waals surface area (Å²) in [6.45, 7) is -0.120. The summed E-state index contributed by atoms with van der Waals surface area (Å²) < 4.78 is 4.45. The molecule has 0 heterocycles. The van der Waals surface area contributed by atoms with Gasteiger partial charge in [-0.15, -0.1) is 0 Å². The Balaban J connectivity index is 2.74. The number of carbonyl (C=O) groups excluding carboxylic acids is 2. The molecule has 0 unspecified atom stereocenters. The van der Waals surface area contributed by atoms with Crippen LogP contribution in [-0.2, 0) is 9.53 Å². The average Bonchev–Trinajstić information content (AvgIpc) is 2.27. The van der Waals surface area contributed by atoms with Crippen molar-refractivity contribution in [3.63, 3.8) is 0 Å². The van der Waals surface area contributed by atoms with E-state index in [1.54, 1.807) is 12.1 Å². The van der Waals surface area contributed by atoms with Crippen LogP contribution >= 0.6 is 0 Å². The van der Waals surface area contributed by atoms with Crippen LogP contribution in [0.25, 0.3) is 0 Å². The second-order valence-electron chi connectivity index (χ2n) is 3.29.